The summed E-state index contributed by atoms with van der Waals surface area (Å²) in [5.74, 6) is -0.344. The molecule has 41 heavy (non-hydrogen) atoms. The molecule has 0 saturated heterocycles. The van der Waals surface area contributed by atoms with Crippen LogP contribution in [0.5, 0.6) is 0 Å². The number of carbonyl (C=O) groups excluding carboxylic acids is 3. The number of nitrogens with zero attached hydrogens (tertiary/aromatic N) is 2. The van der Waals surface area contributed by atoms with Gasteiger partial charge in [-0.2, -0.15) is 0 Å². The third kappa shape index (κ3) is 6.01. The Morgan fingerprint density at radius 1 is 1.07 bits per heavy atom. The lowest BCUT2D eigenvalue weighted by molar-refractivity contribution is -0.129. The van der Waals surface area contributed by atoms with Crippen LogP contribution < -0.4 is 10.6 Å². The molecule has 0 radical (unpaired) electrons. The third-order valence-corrected chi connectivity index (χ3v) is 8.23. The monoisotopic (exact) mass is 552 g/mol. The van der Waals surface area contributed by atoms with E-state index < -0.39 is 6.09 Å². The van der Waals surface area contributed by atoms with Crippen LogP contribution in [0.4, 0.5) is 16.2 Å². The predicted molar refractivity (Wildman–Crippen MR) is 160 cm³/mol. The van der Waals surface area contributed by atoms with Gasteiger partial charge in [0.2, 0.25) is 11.8 Å². The first-order chi connectivity index (χ1) is 19.7. The highest BCUT2D eigenvalue weighted by Crippen LogP contribution is 2.37. The van der Waals surface area contributed by atoms with Crippen LogP contribution in [-0.4, -0.2) is 41.4 Å². The maximum atomic E-state index is 13.6. The van der Waals surface area contributed by atoms with Crippen molar-refractivity contribution >= 4 is 34.9 Å². The van der Waals surface area contributed by atoms with E-state index in [1.165, 1.54) is 18.2 Å². The summed E-state index contributed by atoms with van der Waals surface area (Å²) in [6.07, 6.45) is 5.86. The molecule has 212 valence electrons. The second-order valence-corrected chi connectivity index (χ2v) is 10.9. The normalized spacial score (nSPS) is 19.2. The Balaban J connectivity index is 1.51. The van der Waals surface area contributed by atoms with Gasteiger partial charge in [0.05, 0.1) is 24.5 Å². The molecule has 2 bridgehead atoms. The van der Waals surface area contributed by atoms with Gasteiger partial charge in [0.1, 0.15) is 0 Å². The lowest BCUT2D eigenvalue weighted by atomic mass is 9.91. The van der Waals surface area contributed by atoms with E-state index in [9.17, 15) is 14.4 Å². The number of ether oxygens (including phenoxy) is 1. The number of pyridine rings is 1. The molecule has 2 N–H and O–H groups in total. The van der Waals surface area contributed by atoms with Gasteiger partial charge in [-0.05, 0) is 85.2 Å². The standard InChI is InChI=1S/C33H36N4O4/c1-20-7-5-9-26(22(20)3)24-14-16-37(31(38)18-24)30-10-6-8-21(2)32(39)36-28-19-25(35-33(40)41-4)11-12-27(28)23-13-15-34-29(30)17-23/h5,7,9,11-13,15,17-19,21,30H,6,8,10,14,16H2,1-4H3,(H,35,40)(H,36,39). The van der Waals surface area contributed by atoms with Crippen LogP contribution in [0.1, 0.15) is 61.0 Å². The van der Waals surface area contributed by atoms with E-state index in [1.54, 1.807) is 24.4 Å². The number of hydrogen-bond donors (Lipinski definition) is 2. The van der Waals surface area contributed by atoms with Gasteiger partial charge in [0.25, 0.3) is 0 Å². The zero-order chi connectivity index (χ0) is 29.1. The van der Waals surface area contributed by atoms with Crippen LogP contribution in [0.3, 0.4) is 0 Å². The molecule has 5 rings (SSSR count). The number of amides is 3. The minimum atomic E-state index is -0.590. The summed E-state index contributed by atoms with van der Waals surface area (Å²) in [6.45, 7) is 6.71. The highest BCUT2D eigenvalue weighted by atomic mass is 16.5. The van der Waals surface area contributed by atoms with E-state index in [2.05, 4.69) is 36.6 Å². The molecule has 2 aliphatic heterocycles. The molecular weight excluding hydrogens is 516 g/mol. The first-order valence-electron chi connectivity index (χ1n) is 14.1. The number of aromatic nitrogens is 1. The first kappa shape index (κ1) is 28.1. The SMILES string of the molecule is COC(=O)Nc1ccc2c(c1)NC(=O)C(C)CCCC(N1CCC(c3cccc(C)c3C)=CC1=O)c1cc-2ccn1. The van der Waals surface area contributed by atoms with Crippen molar-refractivity contribution in [3.63, 3.8) is 0 Å². The van der Waals surface area contributed by atoms with E-state index in [0.717, 1.165) is 40.8 Å². The summed E-state index contributed by atoms with van der Waals surface area (Å²) < 4.78 is 4.72. The molecule has 2 aromatic carbocycles. The van der Waals surface area contributed by atoms with Crippen molar-refractivity contribution in [3.05, 3.63) is 83.2 Å². The predicted octanol–water partition coefficient (Wildman–Crippen LogP) is 6.66. The Labute approximate surface area is 240 Å². The molecule has 2 unspecified atom stereocenters. The smallest absolute Gasteiger partial charge is 0.411 e. The quantitative estimate of drug-likeness (QED) is 0.378. The molecule has 3 amide bonds. The van der Waals surface area contributed by atoms with E-state index in [1.807, 2.05) is 36.1 Å². The molecular formula is C33H36N4O4. The van der Waals surface area contributed by atoms with Crippen molar-refractivity contribution in [1.29, 1.82) is 0 Å². The highest BCUT2D eigenvalue weighted by Gasteiger charge is 2.30. The van der Waals surface area contributed by atoms with E-state index in [-0.39, 0.29) is 23.8 Å². The molecule has 2 aliphatic rings. The van der Waals surface area contributed by atoms with E-state index >= 15 is 0 Å². The fourth-order valence-corrected chi connectivity index (χ4v) is 5.69. The van der Waals surface area contributed by atoms with Crippen LogP contribution >= 0.6 is 0 Å². The maximum Gasteiger partial charge on any atom is 0.411 e. The average molecular weight is 553 g/mol. The molecule has 0 spiro atoms. The first-order valence-corrected chi connectivity index (χ1v) is 14.1. The second kappa shape index (κ2) is 12.0. The lowest BCUT2D eigenvalue weighted by Gasteiger charge is -2.35. The molecule has 3 aromatic rings. The van der Waals surface area contributed by atoms with Gasteiger partial charge in [0.15, 0.2) is 0 Å². The number of benzene rings is 2. The van der Waals surface area contributed by atoms with Crippen molar-refractivity contribution in [2.75, 3.05) is 24.3 Å². The highest BCUT2D eigenvalue weighted by molar-refractivity contribution is 5.99. The molecule has 0 aliphatic carbocycles. The average Bonchev–Trinajstić information content (AvgIpc) is 2.96. The lowest BCUT2D eigenvalue weighted by Crippen LogP contribution is -2.38. The molecule has 8 heteroatoms. The summed E-state index contributed by atoms with van der Waals surface area (Å²) in [5.41, 5.74) is 8.19. The molecule has 1 aromatic heterocycles. The Kier molecular flexibility index (Phi) is 8.19. The van der Waals surface area contributed by atoms with E-state index in [4.69, 9.17) is 9.72 Å². The third-order valence-electron chi connectivity index (χ3n) is 8.23. The van der Waals surface area contributed by atoms with Crippen LogP contribution in [0.2, 0.25) is 0 Å². The van der Waals surface area contributed by atoms with Gasteiger partial charge < -0.3 is 15.0 Å². The fraction of sp³-hybridized carbons (Fsp3) is 0.333. The van der Waals surface area contributed by atoms with Gasteiger partial charge in [-0.25, -0.2) is 4.79 Å². The van der Waals surface area contributed by atoms with Crippen molar-refractivity contribution in [2.45, 2.75) is 52.5 Å². The summed E-state index contributed by atoms with van der Waals surface area (Å²) >= 11 is 0. The Hall–Kier alpha value is -4.46. The molecule has 8 nitrogen and oxygen atoms in total. The number of methoxy groups -OCH3 is 1. The number of rotatable bonds is 3. The van der Waals surface area contributed by atoms with Crippen LogP contribution in [0, 0.1) is 19.8 Å². The number of anilines is 2. The van der Waals surface area contributed by atoms with Gasteiger partial charge >= 0.3 is 6.09 Å². The summed E-state index contributed by atoms with van der Waals surface area (Å²) in [4.78, 5) is 45.2. The fourth-order valence-electron chi connectivity index (χ4n) is 5.69. The Morgan fingerprint density at radius 3 is 2.68 bits per heavy atom. The molecule has 3 heterocycles. The molecule has 0 fully saturated rings. The van der Waals surface area contributed by atoms with Crippen LogP contribution in [-0.2, 0) is 14.3 Å². The number of nitrogens with one attached hydrogen (secondary N) is 2. The zero-order valence-electron chi connectivity index (χ0n) is 24.0. The number of carbonyl (C=O) groups is 3. The Bertz CT molecular complexity index is 1530. The van der Waals surface area contributed by atoms with Gasteiger partial charge in [-0.3, -0.25) is 19.9 Å². The minimum Gasteiger partial charge on any atom is -0.453 e. The summed E-state index contributed by atoms with van der Waals surface area (Å²) in [5, 5.41) is 5.72. The second-order valence-electron chi connectivity index (χ2n) is 10.9. The number of hydrogen-bond acceptors (Lipinski definition) is 5. The molecule has 0 saturated carbocycles. The topological polar surface area (TPSA) is 101 Å². The number of aryl methyl sites for hydroxylation is 1. The molecule has 2 atom stereocenters. The minimum absolute atomic E-state index is 0.0128. The van der Waals surface area contributed by atoms with Gasteiger partial charge in [-0.1, -0.05) is 37.6 Å². The number of fused-ring (bicyclic) bond motifs is 4. The summed E-state index contributed by atoms with van der Waals surface area (Å²) in [7, 11) is 1.30. The zero-order valence-corrected chi connectivity index (χ0v) is 24.0. The Morgan fingerprint density at radius 2 is 1.90 bits per heavy atom. The van der Waals surface area contributed by atoms with Gasteiger partial charge in [-0.15, -0.1) is 0 Å². The largest absolute Gasteiger partial charge is 0.453 e. The van der Waals surface area contributed by atoms with Crippen molar-refractivity contribution in [2.24, 2.45) is 5.92 Å². The summed E-state index contributed by atoms with van der Waals surface area (Å²) in [6, 6.07) is 15.3. The van der Waals surface area contributed by atoms with Crippen molar-refractivity contribution in [1.82, 2.24) is 9.88 Å². The van der Waals surface area contributed by atoms with E-state index in [0.29, 0.717) is 30.8 Å². The van der Waals surface area contributed by atoms with Crippen LogP contribution in [0.15, 0.2) is 60.8 Å². The maximum absolute atomic E-state index is 13.6. The van der Waals surface area contributed by atoms with Crippen molar-refractivity contribution < 1.29 is 19.1 Å². The van der Waals surface area contributed by atoms with Crippen LogP contribution in [0.25, 0.3) is 16.7 Å². The van der Waals surface area contributed by atoms with Gasteiger partial charge in [0, 0.05) is 36.0 Å². The van der Waals surface area contributed by atoms with Crippen molar-refractivity contribution in [3.8, 4) is 11.1 Å².